The third-order valence-electron chi connectivity index (χ3n) is 5.62. The summed E-state index contributed by atoms with van der Waals surface area (Å²) in [4.78, 5) is 8.68. The highest BCUT2D eigenvalue weighted by molar-refractivity contribution is 14.0. The third-order valence-corrected chi connectivity index (χ3v) is 7.22. The smallest absolute Gasteiger partial charge is 0.193 e. The third kappa shape index (κ3) is 7.87. The fourth-order valence-electron chi connectivity index (χ4n) is 3.85. The monoisotopic (exact) mass is 575 g/mol. The first-order chi connectivity index (χ1) is 14.8. The van der Waals surface area contributed by atoms with Crippen LogP contribution in [-0.2, 0) is 11.2 Å². The zero-order valence-electron chi connectivity index (χ0n) is 17.7. The molecular weight excluding hydrogens is 545 g/mol. The molecule has 3 heterocycles. The van der Waals surface area contributed by atoms with E-state index in [0.717, 1.165) is 81.8 Å². The van der Waals surface area contributed by atoms with Crippen LogP contribution in [0.15, 0.2) is 57.0 Å². The van der Waals surface area contributed by atoms with E-state index in [2.05, 4.69) is 22.3 Å². The summed E-state index contributed by atoms with van der Waals surface area (Å²) in [6, 6.07) is 12.1. The van der Waals surface area contributed by atoms with Crippen LogP contribution < -0.4 is 5.32 Å². The van der Waals surface area contributed by atoms with Gasteiger partial charge in [-0.25, -0.2) is 0 Å². The van der Waals surface area contributed by atoms with E-state index in [1.54, 1.807) is 6.26 Å². The van der Waals surface area contributed by atoms with Crippen LogP contribution in [0, 0.1) is 5.92 Å². The molecule has 2 saturated heterocycles. The Morgan fingerprint density at radius 3 is 2.65 bits per heavy atom. The molecule has 8 heteroatoms. The Bertz CT molecular complexity index is 790. The van der Waals surface area contributed by atoms with Crippen molar-refractivity contribution in [2.45, 2.75) is 35.8 Å². The van der Waals surface area contributed by atoms with Gasteiger partial charge in [0.2, 0.25) is 0 Å². The van der Waals surface area contributed by atoms with Gasteiger partial charge >= 0.3 is 0 Å². The number of furan rings is 1. The molecule has 0 amide bonds. The van der Waals surface area contributed by atoms with E-state index < -0.39 is 0 Å². The Kier molecular flexibility index (Phi) is 10.3. The highest BCUT2D eigenvalue weighted by Gasteiger charge is 2.23. The number of nitrogens with one attached hydrogen (secondary N) is 1. The minimum absolute atomic E-state index is 0. The number of nitrogens with zero attached hydrogens (tertiary/aromatic N) is 2. The van der Waals surface area contributed by atoms with Gasteiger partial charge in [-0.15, -0.1) is 35.7 Å². The van der Waals surface area contributed by atoms with E-state index in [9.17, 15) is 0 Å². The molecule has 1 aromatic carbocycles. The van der Waals surface area contributed by atoms with E-state index >= 15 is 0 Å². The predicted molar refractivity (Wildman–Crippen MR) is 139 cm³/mol. The number of ether oxygens (including phenoxy) is 1. The number of likely N-dealkylation sites (tertiary alicyclic amines) is 1. The van der Waals surface area contributed by atoms with Gasteiger partial charge in [0.05, 0.1) is 12.9 Å². The first-order valence-electron chi connectivity index (χ1n) is 10.8. The second-order valence-corrected chi connectivity index (χ2v) is 9.72. The van der Waals surface area contributed by atoms with E-state index in [0.29, 0.717) is 11.2 Å². The normalized spacial score (nSPS) is 20.0. The fourth-order valence-corrected chi connectivity index (χ4v) is 5.10. The number of hydrogen-bond donors (Lipinski definition) is 1. The Labute approximate surface area is 211 Å². The van der Waals surface area contributed by atoms with Crippen molar-refractivity contribution in [2.75, 3.05) is 39.4 Å². The van der Waals surface area contributed by atoms with E-state index in [4.69, 9.17) is 25.7 Å². The lowest BCUT2D eigenvalue weighted by atomic mass is 10.1. The number of thioether (sulfide) groups is 1. The molecule has 5 nitrogen and oxygen atoms in total. The molecule has 2 fully saturated rings. The van der Waals surface area contributed by atoms with Gasteiger partial charge < -0.3 is 19.4 Å². The average molecular weight is 576 g/mol. The molecule has 0 saturated carbocycles. The number of rotatable bonds is 7. The summed E-state index contributed by atoms with van der Waals surface area (Å²) in [7, 11) is 0. The molecule has 1 aromatic heterocycles. The van der Waals surface area contributed by atoms with Gasteiger partial charge in [-0.05, 0) is 55.7 Å². The summed E-state index contributed by atoms with van der Waals surface area (Å²) in [5.41, 5.74) is 0. The van der Waals surface area contributed by atoms with Crippen LogP contribution in [-0.4, -0.2) is 55.5 Å². The van der Waals surface area contributed by atoms with Crippen LogP contribution in [0.25, 0.3) is 0 Å². The average Bonchev–Trinajstić information content (AvgIpc) is 3.47. The number of guanidine groups is 1. The molecule has 31 heavy (non-hydrogen) atoms. The molecule has 4 rings (SSSR count). The fraction of sp³-hybridized carbons (Fsp3) is 0.522. The molecule has 1 N–H and O–H groups in total. The zero-order valence-corrected chi connectivity index (χ0v) is 21.6. The zero-order chi connectivity index (χ0) is 20.6. The number of benzene rings is 1. The minimum atomic E-state index is 0. The van der Waals surface area contributed by atoms with Crippen LogP contribution in [0.5, 0.6) is 0 Å². The lowest BCUT2D eigenvalue weighted by Crippen LogP contribution is -2.47. The van der Waals surface area contributed by atoms with E-state index in [1.807, 2.05) is 36.0 Å². The van der Waals surface area contributed by atoms with Crippen molar-refractivity contribution in [3.05, 3.63) is 53.4 Å². The minimum Gasteiger partial charge on any atom is -0.469 e. The number of halogens is 2. The van der Waals surface area contributed by atoms with Gasteiger partial charge in [0, 0.05) is 60.3 Å². The van der Waals surface area contributed by atoms with E-state index in [-0.39, 0.29) is 24.0 Å². The predicted octanol–water partition coefficient (Wildman–Crippen LogP) is 5.33. The van der Waals surface area contributed by atoms with Crippen LogP contribution in [0.2, 0.25) is 5.02 Å². The summed E-state index contributed by atoms with van der Waals surface area (Å²) in [6.07, 6.45) is 6.01. The van der Waals surface area contributed by atoms with Crippen molar-refractivity contribution < 1.29 is 9.15 Å². The SMILES string of the molecule is Clc1ccc(SC2CCN(C(=NCC3CCOC3)NCCc3ccco3)CC2)cc1.I. The van der Waals surface area contributed by atoms with Gasteiger partial charge in [-0.3, -0.25) is 4.99 Å². The molecule has 2 aliphatic heterocycles. The van der Waals surface area contributed by atoms with Crippen LogP contribution in [0.3, 0.4) is 0 Å². The summed E-state index contributed by atoms with van der Waals surface area (Å²) < 4.78 is 11.0. The standard InChI is InChI=1S/C23H30ClN3O2S.HI/c24-19-3-5-21(6-4-19)30-22-8-12-27(13-9-22)23(26-16-18-10-15-28-17-18)25-11-7-20-2-1-14-29-20;/h1-6,14,18,22H,7-13,15-17H2,(H,25,26);1H. The van der Waals surface area contributed by atoms with Crippen LogP contribution >= 0.6 is 47.3 Å². The summed E-state index contributed by atoms with van der Waals surface area (Å²) in [5.74, 6) is 2.58. The molecule has 1 unspecified atom stereocenters. The molecule has 0 bridgehead atoms. The molecule has 0 aliphatic carbocycles. The maximum absolute atomic E-state index is 6.01. The second-order valence-electron chi connectivity index (χ2n) is 7.91. The van der Waals surface area contributed by atoms with E-state index in [1.165, 1.54) is 4.90 Å². The maximum atomic E-state index is 6.01. The van der Waals surface area contributed by atoms with Crippen LogP contribution in [0.4, 0.5) is 0 Å². The van der Waals surface area contributed by atoms with Gasteiger partial charge in [-0.1, -0.05) is 11.6 Å². The summed E-state index contributed by atoms with van der Waals surface area (Å²) >= 11 is 7.97. The molecule has 170 valence electrons. The Morgan fingerprint density at radius 2 is 1.97 bits per heavy atom. The van der Waals surface area contributed by atoms with Crippen molar-refractivity contribution in [3.8, 4) is 0 Å². The number of aliphatic imine (C=N–C) groups is 1. The van der Waals surface area contributed by atoms with Gasteiger partial charge in [0.1, 0.15) is 5.76 Å². The topological polar surface area (TPSA) is 50.0 Å². The molecule has 0 spiro atoms. The van der Waals surface area contributed by atoms with Crippen molar-refractivity contribution in [1.29, 1.82) is 0 Å². The quantitative estimate of drug-likeness (QED) is 0.275. The molecule has 2 aliphatic rings. The highest BCUT2D eigenvalue weighted by atomic mass is 127. The Hall–Kier alpha value is -0.900. The summed E-state index contributed by atoms with van der Waals surface area (Å²) in [5, 5.41) is 5.01. The van der Waals surface area contributed by atoms with Gasteiger partial charge in [-0.2, -0.15) is 0 Å². The molecule has 2 aromatic rings. The second kappa shape index (κ2) is 13.0. The van der Waals surface area contributed by atoms with Crippen molar-refractivity contribution in [3.63, 3.8) is 0 Å². The van der Waals surface area contributed by atoms with Crippen molar-refractivity contribution in [2.24, 2.45) is 10.9 Å². The molecule has 1 atom stereocenters. The van der Waals surface area contributed by atoms with Crippen LogP contribution in [0.1, 0.15) is 25.0 Å². The lowest BCUT2D eigenvalue weighted by Gasteiger charge is -2.34. The molecule has 0 radical (unpaired) electrons. The first-order valence-corrected chi connectivity index (χ1v) is 12.1. The maximum Gasteiger partial charge on any atom is 0.193 e. The first kappa shape index (κ1) is 24.7. The molecular formula is C23H31ClIN3O2S. The Morgan fingerprint density at radius 1 is 1.16 bits per heavy atom. The van der Waals surface area contributed by atoms with Crippen molar-refractivity contribution in [1.82, 2.24) is 10.2 Å². The Balaban J connectivity index is 0.00000272. The number of piperidine rings is 1. The van der Waals surface area contributed by atoms with Gasteiger partial charge in [0.15, 0.2) is 5.96 Å². The largest absolute Gasteiger partial charge is 0.469 e. The highest BCUT2D eigenvalue weighted by Crippen LogP contribution is 2.31. The van der Waals surface area contributed by atoms with Crippen molar-refractivity contribution >= 4 is 53.3 Å². The lowest BCUT2D eigenvalue weighted by molar-refractivity contribution is 0.187. The van der Waals surface area contributed by atoms with Gasteiger partial charge in [0.25, 0.3) is 0 Å². The summed E-state index contributed by atoms with van der Waals surface area (Å²) in [6.45, 7) is 5.42. The number of hydrogen-bond acceptors (Lipinski definition) is 4.